The molecule has 0 aliphatic carbocycles. The fourth-order valence-corrected chi connectivity index (χ4v) is 3.62. The number of nitrogens with zero attached hydrogens (tertiary/aromatic N) is 4. The molecule has 0 N–H and O–H groups in total. The minimum absolute atomic E-state index is 0.00457. The summed E-state index contributed by atoms with van der Waals surface area (Å²) in [6.45, 7) is 3.14. The minimum atomic E-state index is -0.00457. The fraction of sp³-hybridized carbons (Fsp3) is 0.304. The Morgan fingerprint density at radius 1 is 0.933 bits per heavy atom. The van der Waals surface area contributed by atoms with Gasteiger partial charge in [-0.1, -0.05) is 18.2 Å². The number of methoxy groups -OCH3 is 2. The van der Waals surface area contributed by atoms with Crippen molar-refractivity contribution >= 4 is 5.91 Å². The van der Waals surface area contributed by atoms with E-state index in [2.05, 4.69) is 11.9 Å². The number of ether oxygens (including phenoxy) is 2. The largest absolute Gasteiger partial charge is 0.493 e. The van der Waals surface area contributed by atoms with E-state index in [-0.39, 0.29) is 5.91 Å². The quantitative estimate of drug-likeness (QED) is 0.652. The lowest BCUT2D eigenvalue weighted by Gasteiger charge is -2.32. The number of carbonyl (C=O) groups excluding carboxylic acids is 1. The lowest BCUT2D eigenvalue weighted by atomic mass is 10.1. The minimum Gasteiger partial charge on any atom is -0.493 e. The Hall–Kier alpha value is -3.32. The van der Waals surface area contributed by atoms with E-state index in [9.17, 15) is 4.79 Å². The molecule has 7 nitrogen and oxygen atoms in total. The molecule has 1 amide bonds. The first-order valence-electron chi connectivity index (χ1n) is 9.96. The number of para-hydroxylation sites is 1. The highest BCUT2D eigenvalue weighted by Crippen LogP contribution is 2.34. The van der Waals surface area contributed by atoms with Crippen molar-refractivity contribution in [3.63, 3.8) is 0 Å². The standard InChI is InChI=1S/C23H26N4O3/c1-25-11-13-26(14-12-25)23(28)19-16-27(18-7-5-4-6-8-18)24-22(19)17-9-10-20(29-2)21(15-17)30-3/h4-10,15-16H,11-14H2,1-3H3. The first kappa shape index (κ1) is 20.0. The number of benzene rings is 2. The van der Waals surface area contributed by atoms with Gasteiger partial charge < -0.3 is 19.3 Å². The van der Waals surface area contributed by atoms with Gasteiger partial charge in [-0.15, -0.1) is 0 Å². The van der Waals surface area contributed by atoms with E-state index in [1.165, 1.54) is 0 Å². The van der Waals surface area contributed by atoms with Crippen molar-refractivity contribution in [2.45, 2.75) is 0 Å². The zero-order valence-electron chi connectivity index (χ0n) is 17.5. The Kier molecular flexibility index (Phi) is 5.72. The SMILES string of the molecule is COc1ccc(-c2nn(-c3ccccc3)cc2C(=O)N2CCN(C)CC2)cc1OC. The van der Waals surface area contributed by atoms with Gasteiger partial charge in [-0.3, -0.25) is 4.79 Å². The maximum atomic E-state index is 13.4. The molecule has 0 atom stereocenters. The fourth-order valence-electron chi connectivity index (χ4n) is 3.62. The molecule has 0 spiro atoms. The van der Waals surface area contributed by atoms with Crippen LogP contribution in [-0.2, 0) is 0 Å². The van der Waals surface area contributed by atoms with E-state index in [1.54, 1.807) is 18.9 Å². The summed E-state index contributed by atoms with van der Waals surface area (Å²) in [4.78, 5) is 17.5. The van der Waals surface area contributed by atoms with E-state index in [0.29, 0.717) is 35.8 Å². The van der Waals surface area contributed by atoms with E-state index in [0.717, 1.165) is 24.3 Å². The molecule has 0 saturated carbocycles. The second-order valence-corrected chi connectivity index (χ2v) is 7.34. The third-order valence-electron chi connectivity index (χ3n) is 5.41. The van der Waals surface area contributed by atoms with Crippen molar-refractivity contribution in [1.82, 2.24) is 19.6 Å². The van der Waals surface area contributed by atoms with Crippen molar-refractivity contribution in [2.75, 3.05) is 47.4 Å². The summed E-state index contributed by atoms with van der Waals surface area (Å²) in [5, 5.41) is 4.77. The molecule has 4 rings (SSSR count). The average Bonchev–Trinajstić information content (AvgIpc) is 3.24. The van der Waals surface area contributed by atoms with Gasteiger partial charge in [0.1, 0.15) is 5.69 Å². The van der Waals surface area contributed by atoms with Gasteiger partial charge in [0.25, 0.3) is 5.91 Å². The van der Waals surface area contributed by atoms with E-state index >= 15 is 0 Å². The summed E-state index contributed by atoms with van der Waals surface area (Å²) in [6, 6.07) is 15.4. The maximum absolute atomic E-state index is 13.4. The molecular formula is C23H26N4O3. The monoisotopic (exact) mass is 406 g/mol. The summed E-state index contributed by atoms with van der Waals surface area (Å²) in [6.07, 6.45) is 1.82. The van der Waals surface area contributed by atoms with E-state index < -0.39 is 0 Å². The second kappa shape index (κ2) is 8.59. The van der Waals surface area contributed by atoms with Crippen molar-refractivity contribution in [3.8, 4) is 28.4 Å². The smallest absolute Gasteiger partial charge is 0.257 e. The van der Waals surface area contributed by atoms with Crippen LogP contribution in [0.1, 0.15) is 10.4 Å². The Morgan fingerprint density at radius 3 is 2.30 bits per heavy atom. The third kappa shape index (κ3) is 3.89. The van der Waals surface area contributed by atoms with Crippen LogP contribution in [0, 0.1) is 0 Å². The maximum Gasteiger partial charge on any atom is 0.257 e. The van der Waals surface area contributed by atoms with Gasteiger partial charge in [-0.2, -0.15) is 5.10 Å². The molecule has 3 aromatic rings. The lowest BCUT2D eigenvalue weighted by molar-refractivity contribution is 0.0665. The van der Waals surface area contributed by atoms with Crippen molar-refractivity contribution in [2.24, 2.45) is 0 Å². The predicted octanol–water partition coefficient (Wildman–Crippen LogP) is 2.94. The molecule has 1 aromatic heterocycles. The van der Waals surface area contributed by atoms with E-state index in [4.69, 9.17) is 14.6 Å². The topological polar surface area (TPSA) is 59.8 Å². The van der Waals surface area contributed by atoms with Crippen LogP contribution in [-0.4, -0.2) is 72.9 Å². The molecule has 7 heteroatoms. The number of amides is 1. The predicted molar refractivity (Wildman–Crippen MR) is 116 cm³/mol. The molecule has 1 aliphatic heterocycles. The summed E-state index contributed by atoms with van der Waals surface area (Å²) in [5.41, 5.74) is 2.91. The highest BCUT2D eigenvalue weighted by atomic mass is 16.5. The summed E-state index contributed by atoms with van der Waals surface area (Å²) in [5.74, 6) is 1.23. The second-order valence-electron chi connectivity index (χ2n) is 7.34. The number of aromatic nitrogens is 2. The van der Waals surface area contributed by atoms with Crippen LogP contribution in [0.25, 0.3) is 16.9 Å². The molecule has 156 valence electrons. The van der Waals surface area contributed by atoms with Gasteiger partial charge in [-0.05, 0) is 37.4 Å². The molecule has 0 bridgehead atoms. The summed E-state index contributed by atoms with van der Waals surface area (Å²) >= 11 is 0. The van der Waals surface area contributed by atoms with Crippen LogP contribution < -0.4 is 9.47 Å². The Labute approximate surface area is 176 Å². The van der Waals surface area contributed by atoms with Crippen LogP contribution in [0.2, 0.25) is 0 Å². The van der Waals surface area contributed by atoms with Gasteiger partial charge in [0.05, 0.1) is 25.5 Å². The molecule has 2 heterocycles. The number of hydrogen-bond acceptors (Lipinski definition) is 5. The van der Waals surface area contributed by atoms with E-state index in [1.807, 2.05) is 59.6 Å². The molecule has 0 unspecified atom stereocenters. The average molecular weight is 406 g/mol. The number of hydrogen-bond donors (Lipinski definition) is 0. The Balaban J connectivity index is 1.78. The van der Waals surface area contributed by atoms with Crippen LogP contribution in [0.15, 0.2) is 54.7 Å². The highest BCUT2D eigenvalue weighted by molar-refractivity contribution is 6.00. The van der Waals surface area contributed by atoms with Gasteiger partial charge in [0, 0.05) is 37.9 Å². The van der Waals surface area contributed by atoms with Gasteiger partial charge in [-0.25, -0.2) is 4.68 Å². The molecule has 30 heavy (non-hydrogen) atoms. The van der Waals surface area contributed by atoms with Gasteiger partial charge in [0.15, 0.2) is 11.5 Å². The first-order chi connectivity index (χ1) is 14.6. The molecular weight excluding hydrogens is 380 g/mol. The van der Waals surface area contributed by atoms with Gasteiger partial charge in [0.2, 0.25) is 0 Å². The molecule has 1 aliphatic rings. The molecule has 1 fully saturated rings. The summed E-state index contributed by atoms with van der Waals surface area (Å²) in [7, 11) is 5.27. The number of carbonyl (C=O) groups is 1. The van der Waals surface area contributed by atoms with Crippen LogP contribution in [0.3, 0.4) is 0 Å². The van der Waals surface area contributed by atoms with Crippen LogP contribution in [0.4, 0.5) is 0 Å². The number of rotatable bonds is 5. The third-order valence-corrected chi connectivity index (χ3v) is 5.41. The zero-order chi connectivity index (χ0) is 21.1. The van der Waals surface area contributed by atoms with Crippen molar-refractivity contribution in [1.29, 1.82) is 0 Å². The Morgan fingerprint density at radius 2 is 1.63 bits per heavy atom. The van der Waals surface area contributed by atoms with Crippen LogP contribution >= 0.6 is 0 Å². The molecule has 0 radical (unpaired) electrons. The molecule has 1 saturated heterocycles. The van der Waals surface area contributed by atoms with Gasteiger partial charge >= 0.3 is 0 Å². The van der Waals surface area contributed by atoms with Crippen LogP contribution in [0.5, 0.6) is 11.5 Å². The highest BCUT2D eigenvalue weighted by Gasteiger charge is 2.26. The zero-order valence-corrected chi connectivity index (χ0v) is 17.5. The molecule has 2 aromatic carbocycles. The normalized spacial score (nSPS) is 14.6. The van der Waals surface area contributed by atoms with Crippen molar-refractivity contribution in [3.05, 3.63) is 60.3 Å². The lowest BCUT2D eigenvalue weighted by Crippen LogP contribution is -2.47. The Bertz CT molecular complexity index is 1020. The number of likely N-dealkylation sites (N-methyl/N-ethyl adjacent to an activating group) is 1. The number of piperazine rings is 1. The first-order valence-corrected chi connectivity index (χ1v) is 9.96. The summed E-state index contributed by atoms with van der Waals surface area (Å²) < 4.78 is 12.6. The van der Waals surface area contributed by atoms with Crippen molar-refractivity contribution < 1.29 is 14.3 Å².